The highest BCUT2D eigenvalue weighted by atomic mass is 32.1. The molecule has 0 aromatic carbocycles. The molecule has 0 fully saturated rings. The molecule has 2 aromatic rings. The van der Waals surface area contributed by atoms with Gasteiger partial charge in [-0.1, -0.05) is 0 Å². The van der Waals surface area contributed by atoms with Gasteiger partial charge in [0.2, 0.25) is 0 Å². The summed E-state index contributed by atoms with van der Waals surface area (Å²) >= 11 is 1.69. The number of hydrogen-bond acceptors (Lipinski definition) is 2. The first-order valence-corrected chi connectivity index (χ1v) is 3.54. The Morgan fingerprint density at radius 2 is 2.67 bits per heavy atom. The second kappa shape index (κ2) is 1.57. The molecule has 0 saturated carbocycles. The lowest BCUT2D eigenvalue weighted by atomic mass is 10.5. The summed E-state index contributed by atoms with van der Waals surface area (Å²) in [6, 6.07) is 2.02. The van der Waals surface area contributed by atoms with E-state index in [9.17, 15) is 0 Å². The first kappa shape index (κ1) is 4.99. The Morgan fingerprint density at radius 1 is 1.78 bits per heavy atom. The lowest BCUT2D eigenvalue weighted by Gasteiger charge is -1.83. The molecule has 0 aliphatic rings. The Hall–Kier alpha value is -0.830. The van der Waals surface area contributed by atoms with Crippen LogP contribution in [-0.4, -0.2) is 9.78 Å². The van der Waals surface area contributed by atoms with Crippen LogP contribution in [0.3, 0.4) is 0 Å². The van der Waals surface area contributed by atoms with Gasteiger partial charge in [-0.25, -0.2) is 0 Å². The Kier molecular flexibility index (Phi) is 0.873. The number of aromatic nitrogens is 2. The monoisotopic (exact) mass is 137 g/mol. The third-order valence-corrected chi connectivity index (χ3v) is 2.24. The zero-order valence-electron chi connectivity index (χ0n) is 4.96. The SMILES string of the molecule is Cn1n[c]c2ccsc21. The zero-order valence-corrected chi connectivity index (χ0v) is 5.77. The number of hydrogen-bond donors (Lipinski definition) is 0. The number of nitrogens with zero attached hydrogens (tertiary/aromatic N) is 2. The number of rotatable bonds is 0. The van der Waals surface area contributed by atoms with Crippen molar-refractivity contribution in [2.75, 3.05) is 0 Å². The highest BCUT2D eigenvalue weighted by Gasteiger charge is 1.97. The van der Waals surface area contributed by atoms with E-state index in [0.717, 1.165) is 5.39 Å². The van der Waals surface area contributed by atoms with Gasteiger partial charge in [0, 0.05) is 12.4 Å². The molecule has 0 saturated heterocycles. The summed E-state index contributed by atoms with van der Waals surface area (Å²) in [5.74, 6) is 0. The lowest BCUT2D eigenvalue weighted by Crippen LogP contribution is -1.85. The maximum Gasteiger partial charge on any atom is 0.122 e. The Bertz CT molecular complexity index is 320. The van der Waals surface area contributed by atoms with E-state index in [-0.39, 0.29) is 0 Å². The van der Waals surface area contributed by atoms with Crippen molar-refractivity contribution >= 4 is 21.6 Å². The molecule has 2 aromatic heterocycles. The summed E-state index contributed by atoms with van der Waals surface area (Å²) < 4.78 is 1.83. The van der Waals surface area contributed by atoms with Crippen LogP contribution in [0.5, 0.6) is 0 Å². The zero-order chi connectivity index (χ0) is 6.27. The minimum atomic E-state index is 1.11. The smallest absolute Gasteiger partial charge is 0.122 e. The van der Waals surface area contributed by atoms with E-state index in [0.29, 0.717) is 0 Å². The van der Waals surface area contributed by atoms with Crippen LogP contribution in [0.2, 0.25) is 0 Å². The molecule has 0 aliphatic carbocycles. The number of fused-ring (bicyclic) bond motifs is 1. The van der Waals surface area contributed by atoms with Crippen molar-refractivity contribution in [3.8, 4) is 0 Å². The molecule has 9 heavy (non-hydrogen) atoms. The summed E-state index contributed by atoms with van der Waals surface area (Å²) in [5, 5.41) is 7.12. The summed E-state index contributed by atoms with van der Waals surface area (Å²) in [6.45, 7) is 0. The van der Waals surface area contributed by atoms with E-state index >= 15 is 0 Å². The Labute approximate surface area is 56.7 Å². The predicted octanol–water partition coefficient (Wildman–Crippen LogP) is 1.43. The van der Waals surface area contributed by atoms with Crippen LogP contribution in [0, 0.1) is 6.20 Å². The van der Waals surface area contributed by atoms with E-state index in [1.54, 1.807) is 11.3 Å². The standard InChI is InChI=1S/C6H5N2S/c1-8-6-5(4-7-8)2-3-9-6/h2-3H,1H3. The average molecular weight is 137 g/mol. The van der Waals surface area contributed by atoms with E-state index in [1.807, 2.05) is 23.2 Å². The van der Waals surface area contributed by atoms with Crippen molar-refractivity contribution in [3.63, 3.8) is 0 Å². The highest BCUT2D eigenvalue weighted by Crippen LogP contribution is 2.17. The van der Waals surface area contributed by atoms with Crippen molar-refractivity contribution in [2.24, 2.45) is 7.05 Å². The molecule has 0 N–H and O–H groups in total. The van der Waals surface area contributed by atoms with Gasteiger partial charge >= 0.3 is 0 Å². The van der Waals surface area contributed by atoms with Gasteiger partial charge in [-0.05, 0) is 11.4 Å². The fourth-order valence-corrected chi connectivity index (χ4v) is 1.58. The summed E-state index contributed by atoms with van der Waals surface area (Å²) in [7, 11) is 1.93. The minimum absolute atomic E-state index is 1.11. The Balaban J connectivity index is 2.99. The first-order chi connectivity index (χ1) is 4.38. The quantitative estimate of drug-likeness (QED) is 0.537. The molecule has 45 valence electrons. The van der Waals surface area contributed by atoms with Crippen molar-refractivity contribution in [3.05, 3.63) is 17.6 Å². The molecule has 0 unspecified atom stereocenters. The van der Waals surface area contributed by atoms with Gasteiger partial charge in [0.1, 0.15) is 11.0 Å². The number of aryl methyl sites for hydroxylation is 1. The average Bonchev–Trinajstić information content (AvgIpc) is 2.35. The Morgan fingerprint density at radius 3 is 3.44 bits per heavy atom. The van der Waals surface area contributed by atoms with Crippen LogP contribution >= 0.6 is 11.3 Å². The van der Waals surface area contributed by atoms with Gasteiger partial charge < -0.3 is 0 Å². The van der Waals surface area contributed by atoms with E-state index in [1.165, 1.54) is 4.83 Å². The van der Waals surface area contributed by atoms with Crippen LogP contribution in [0.1, 0.15) is 0 Å². The lowest BCUT2D eigenvalue weighted by molar-refractivity contribution is 0.799. The molecular formula is C6H5N2S. The van der Waals surface area contributed by atoms with Crippen LogP contribution < -0.4 is 0 Å². The summed E-state index contributed by atoms with van der Waals surface area (Å²) in [5.41, 5.74) is 0. The van der Waals surface area contributed by atoms with Crippen LogP contribution in [0.4, 0.5) is 0 Å². The van der Waals surface area contributed by atoms with Gasteiger partial charge in [-0.15, -0.1) is 11.3 Å². The second-order valence-electron chi connectivity index (χ2n) is 1.87. The van der Waals surface area contributed by atoms with Crippen molar-refractivity contribution < 1.29 is 0 Å². The fraction of sp³-hybridized carbons (Fsp3) is 0.167. The van der Waals surface area contributed by atoms with Crippen LogP contribution in [-0.2, 0) is 7.05 Å². The number of thiophene rings is 1. The van der Waals surface area contributed by atoms with Gasteiger partial charge in [-0.2, -0.15) is 5.10 Å². The molecule has 0 bridgehead atoms. The summed E-state index contributed by atoms with van der Waals surface area (Å²) in [4.78, 5) is 1.19. The molecule has 2 nitrogen and oxygen atoms in total. The molecule has 3 heteroatoms. The molecule has 2 rings (SSSR count). The second-order valence-corrected chi connectivity index (χ2v) is 2.77. The molecule has 0 amide bonds. The van der Waals surface area contributed by atoms with Crippen LogP contribution in [0.15, 0.2) is 11.4 Å². The highest BCUT2D eigenvalue weighted by molar-refractivity contribution is 7.16. The van der Waals surface area contributed by atoms with Crippen molar-refractivity contribution in [1.29, 1.82) is 0 Å². The fourth-order valence-electron chi connectivity index (χ4n) is 0.811. The van der Waals surface area contributed by atoms with E-state index < -0.39 is 0 Å². The van der Waals surface area contributed by atoms with Gasteiger partial charge in [-0.3, -0.25) is 4.68 Å². The normalized spacial score (nSPS) is 10.8. The van der Waals surface area contributed by atoms with Gasteiger partial charge in [0.05, 0.1) is 0 Å². The van der Waals surface area contributed by atoms with E-state index in [2.05, 4.69) is 11.3 Å². The largest absolute Gasteiger partial charge is 0.257 e. The van der Waals surface area contributed by atoms with Crippen molar-refractivity contribution in [1.82, 2.24) is 9.78 Å². The summed E-state index contributed by atoms with van der Waals surface area (Å²) in [6.07, 6.45) is 2.89. The topological polar surface area (TPSA) is 17.8 Å². The minimum Gasteiger partial charge on any atom is -0.257 e. The van der Waals surface area contributed by atoms with Gasteiger partial charge in [0.25, 0.3) is 0 Å². The van der Waals surface area contributed by atoms with E-state index in [4.69, 9.17) is 0 Å². The third-order valence-electron chi connectivity index (χ3n) is 1.26. The molecular weight excluding hydrogens is 132 g/mol. The first-order valence-electron chi connectivity index (χ1n) is 2.66. The molecule has 2 heterocycles. The molecule has 0 spiro atoms. The molecule has 0 atom stereocenters. The third kappa shape index (κ3) is 0.580. The van der Waals surface area contributed by atoms with Crippen LogP contribution in [0.25, 0.3) is 10.2 Å². The molecule has 1 radical (unpaired) electrons. The van der Waals surface area contributed by atoms with Gasteiger partial charge in [0.15, 0.2) is 0 Å². The maximum absolute atomic E-state index is 3.96. The predicted molar refractivity (Wildman–Crippen MR) is 37.4 cm³/mol. The maximum atomic E-state index is 3.96. The van der Waals surface area contributed by atoms with Crippen molar-refractivity contribution in [2.45, 2.75) is 0 Å². The molecule has 0 aliphatic heterocycles.